The Morgan fingerprint density at radius 3 is 3.00 bits per heavy atom. The summed E-state index contributed by atoms with van der Waals surface area (Å²) in [5.41, 5.74) is 1.89. The zero-order valence-corrected chi connectivity index (χ0v) is 12.7. The number of aryl methyl sites for hydroxylation is 1. The first kappa shape index (κ1) is 15.5. The maximum atomic E-state index is 12.2. The fourth-order valence-electron chi connectivity index (χ4n) is 1.80. The normalized spacial score (nSPS) is 10.6. The van der Waals surface area contributed by atoms with E-state index in [2.05, 4.69) is 15.4 Å². The second-order valence-corrected chi connectivity index (χ2v) is 4.85. The van der Waals surface area contributed by atoms with Crippen molar-refractivity contribution in [1.82, 2.24) is 14.8 Å². The fourth-order valence-corrected chi connectivity index (χ4v) is 2.03. The predicted molar refractivity (Wildman–Crippen MR) is 80.7 cm³/mol. The third kappa shape index (κ3) is 4.27. The molecule has 21 heavy (non-hydrogen) atoms. The number of anilines is 1. The van der Waals surface area contributed by atoms with E-state index in [-0.39, 0.29) is 5.91 Å². The summed E-state index contributed by atoms with van der Waals surface area (Å²) in [6.07, 6.45) is 4.06. The number of halogens is 1. The molecule has 0 atom stereocenters. The lowest BCUT2D eigenvalue weighted by Gasteiger charge is -2.05. The van der Waals surface area contributed by atoms with Crippen molar-refractivity contribution >= 4 is 23.2 Å². The van der Waals surface area contributed by atoms with Crippen LogP contribution in [0.3, 0.4) is 0 Å². The quantitative estimate of drug-likeness (QED) is 0.832. The molecule has 2 heterocycles. The Bertz CT molecular complexity index is 627. The largest absolute Gasteiger partial charge is 0.383 e. The SMILES string of the molecule is CCc1cc(C(=O)Nc2cnn(CCOC)c2)cc(Cl)n1. The van der Waals surface area contributed by atoms with Gasteiger partial charge in [-0.1, -0.05) is 18.5 Å². The van der Waals surface area contributed by atoms with Crippen LogP contribution in [-0.2, 0) is 17.7 Å². The highest BCUT2D eigenvalue weighted by Crippen LogP contribution is 2.14. The minimum atomic E-state index is -0.236. The van der Waals surface area contributed by atoms with Gasteiger partial charge in [-0.15, -0.1) is 0 Å². The lowest BCUT2D eigenvalue weighted by molar-refractivity contribution is 0.102. The molecule has 0 aromatic carbocycles. The number of pyridine rings is 1. The average molecular weight is 309 g/mol. The van der Waals surface area contributed by atoms with Gasteiger partial charge < -0.3 is 10.1 Å². The van der Waals surface area contributed by atoms with Crippen molar-refractivity contribution in [2.24, 2.45) is 0 Å². The summed E-state index contributed by atoms with van der Waals surface area (Å²) in [6.45, 7) is 3.16. The predicted octanol–water partition coefficient (Wildman–Crippen LogP) is 2.39. The van der Waals surface area contributed by atoms with E-state index in [9.17, 15) is 4.79 Å². The lowest BCUT2D eigenvalue weighted by Crippen LogP contribution is -2.12. The number of aromatic nitrogens is 3. The zero-order chi connectivity index (χ0) is 15.2. The van der Waals surface area contributed by atoms with Gasteiger partial charge in [0.25, 0.3) is 5.91 Å². The van der Waals surface area contributed by atoms with Crippen LogP contribution in [-0.4, -0.2) is 34.4 Å². The first-order valence-corrected chi connectivity index (χ1v) is 6.99. The molecule has 0 radical (unpaired) electrons. The summed E-state index contributed by atoms with van der Waals surface area (Å²) >= 11 is 5.92. The summed E-state index contributed by atoms with van der Waals surface area (Å²) in [4.78, 5) is 16.3. The molecule has 0 aliphatic rings. The molecule has 0 aliphatic carbocycles. The van der Waals surface area contributed by atoms with E-state index in [0.29, 0.717) is 29.6 Å². The number of hydrogen-bond donors (Lipinski definition) is 1. The van der Waals surface area contributed by atoms with E-state index in [4.69, 9.17) is 16.3 Å². The smallest absolute Gasteiger partial charge is 0.255 e. The Kier molecular flexibility index (Phi) is 5.30. The highest BCUT2D eigenvalue weighted by molar-refractivity contribution is 6.29. The number of hydrogen-bond acceptors (Lipinski definition) is 4. The number of rotatable bonds is 6. The van der Waals surface area contributed by atoms with Gasteiger partial charge in [-0.3, -0.25) is 9.48 Å². The lowest BCUT2D eigenvalue weighted by atomic mass is 10.2. The molecule has 1 N–H and O–H groups in total. The van der Waals surface area contributed by atoms with E-state index in [1.807, 2.05) is 6.92 Å². The van der Waals surface area contributed by atoms with Crippen LogP contribution in [0.1, 0.15) is 23.0 Å². The summed E-state index contributed by atoms with van der Waals surface area (Å²) in [5, 5.41) is 7.23. The molecule has 0 bridgehead atoms. The molecule has 112 valence electrons. The molecule has 2 aromatic heterocycles. The summed E-state index contributed by atoms with van der Waals surface area (Å²) in [7, 11) is 1.63. The molecule has 0 spiro atoms. The van der Waals surface area contributed by atoms with Gasteiger partial charge in [0.15, 0.2) is 0 Å². The molecule has 2 rings (SSSR count). The highest BCUT2D eigenvalue weighted by Gasteiger charge is 2.10. The van der Waals surface area contributed by atoms with Crippen molar-refractivity contribution in [3.05, 3.63) is 40.9 Å². The van der Waals surface area contributed by atoms with Gasteiger partial charge in [0.1, 0.15) is 5.15 Å². The first-order chi connectivity index (χ1) is 10.1. The topological polar surface area (TPSA) is 69.0 Å². The average Bonchev–Trinajstić information content (AvgIpc) is 2.91. The number of carbonyl (C=O) groups excluding carboxylic acids is 1. The van der Waals surface area contributed by atoms with Crippen molar-refractivity contribution < 1.29 is 9.53 Å². The minimum Gasteiger partial charge on any atom is -0.383 e. The first-order valence-electron chi connectivity index (χ1n) is 6.61. The molecule has 0 fully saturated rings. The second kappa shape index (κ2) is 7.19. The van der Waals surface area contributed by atoms with Gasteiger partial charge >= 0.3 is 0 Å². The van der Waals surface area contributed by atoms with Gasteiger partial charge in [0, 0.05) is 24.6 Å². The molecule has 0 saturated carbocycles. The Balaban J connectivity index is 2.07. The molecule has 1 amide bonds. The molecule has 0 saturated heterocycles. The molecular weight excluding hydrogens is 292 g/mol. The van der Waals surface area contributed by atoms with Gasteiger partial charge in [-0.25, -0.2) is 4.98 Å². The maximum absolute atomic E-state index is 12.2. The maximum Gasteiger partial charge on any atom is 0.255 e. The van der Waals surface area contributed by atoms with Crippen LogP contribution in [0.15, 0.2) is 24.5 Å². The highest BCUT2D eigenvalue weighted by atomic mass is 35.5. The number of nitrogens with one attached hydrogen (secondary N) is 1. The summed E-state index contributed by atoms with van der Waals surface area (Å²) in [5.74, 6) is -0.236. The van der Waals surface area contributed by atoms with Crippen molar-refractivity contribution in [2.75, 3.05) is 19.0 Å². The summed E-state index contributed by atoms with van der Waals surface area (Å²) in [6, 6.07) is 3.28. The fraction of sp³-hybridized carbons (Fsp3) is 0.357. The molecule has 0 unspecified atom stereocenters. The van der Waals surface area contributed by atoms with Crippen LogP contribution in [0.25, 0.3) is 0 Å². The molecular formula is C14H17ClN4O2. The molecule has 0 aliphatic heterocycles. The number of carbonyl (C=O) groups is 1. The summed E-state index contributed by atoms with van der Waals surface area (Å²) < 4.78 is 6.68. The van der Waals surface area contributed by atoms with Crippen molar-refractivity contribution in [3.63, 3.8) is 0 Å². The van der Waals surface area contributed by atoms with Gasteiger partial charge in [-0.2, -0.15) is 5.10 Å². The third-order valence-corrected chi connectivity index (χ3v) is 3.08. The van der Waals surface area contributed by atoms with E-state index >= 15 is 0 Å². The number of amides is 1. The Hall–Kier alpha value is -1.92. The van der Waals surface area contributed by atoms with Gasteiger partial charge in [0.2, 0.25) is 0 Å². The Morgan fingerprint density at radius 2 is 2.29 bits per heavy atom. The van der Waals surface area contributed by atoms with Crippen LogP contribution in [0, 0.1) is 0 Å². The van der Waals surface area contributed by atoms with E-state index < -0.39 is 0 Å². The Labute approximate surface area is 128 Å². The second-order valence-electron chi connectivity index (χ2n) is 4.46. The monoisotopic (exact) mass is 308 g/mol. The third-order valence-electron chi connectivity index (χ3n) is 2.89. The molecule has 7 heteroatoms. The van der Waals surface area contributed by atoms with Gasteiger partial charge in [-0.05, 0) is 18.6 Å². The van der Waals surface area contributed by atoms with Crippen LogP contribution in [0.5, 0.6) is 0 Å². The Morgan fingerprint density at radius 1 is 1.48 bits per heavy atom. The molecule has 2 aromatic rings. The van der Waals surface area contributed by atoms with Crippen molar-refractivity contribution in [3.8, 4) is 0 Å². The number of nitrogens with zero attached hydrogens (tertiary/aromatic N) is 3. The standard InChI is InChI=1S/C14H17ClN4O2/c1-3-11-6-10(7-13(15)17-11)14(20)18-12-8-16-19(9-12)4-5-21-2/h6-9H,3-5H2,1-2H3,(H,18,20). The van der Waals surface area contributed by atoms with Crippen molar-refractivity contribution in [2.45, 2.75) is 19.9 Å². The molecule has 6 nitrogen and oxygen atoms in total. The number of ether oxygens (including phenoxy) is 1. The number of methoxy groups -OCH3 is 1. The van der Waals surface area contributed by atoms with E-state index in [1.165, 1.54) is 0 Å². The van der Waals surface area contributed by atoms with Crippen LogP contribution >= 0.6 is 11.6 Å². The van der Waals surface area contributed by atoms with Gasteiger partial charge in [0.05, 0.1) is 25.0 Å². The van der Waals surface area contributed by atoms with E-state index in [1.54, 1.807) is 36.3 Å². The van der Waals surface area contributed by atoms with Crippen LogP contribution in [0.2, 0.25) is 5.15 Å². The zero-order valence-electron chi connectivity index (χ0n) is 12.0. The minimum absolute atomic E-state index is 0.236. The van der Waals surface area contributed by atoms with E-state index in [0.717, 1.165) is 12.1 Å². The van der Waals surface area contributed by atoms with Crippen LogP contribution < -0.4 is 5.32 Å². The van der Waals surface area contributed by atoms with Crippen LogP contribution in [0.4, 0.5) is 5.69 Å². The van der Waals surface area contributed by atoms with Crippen molar-refractivity contribution in [1.29, 1.82) is 0 Å².